The van der Waals surface area contributed by atoms with Gasteiger partial charge < -0.3 is 17.5 Å². The first-order valence-corrected chi connectivity index (χ1v) is 6.97. The third kappa shape index (κ3) is 4.22. The van der Waals surface area contributed by atoms with Crippen molar-refractivity contribution in [2.45, 2.75) is 18.2 Å². The van der Waals surface area contributed by atoms with Gasteiger partial charge in [-0.2, -0.15) is 0 Å². The molecule has 0 aromatic heterocycles. The molecule has 0 saturated carbocycles. The van der Waals surface area contributed by atoms with Crippen LogP contribution in [0.5, 0.6) is 0 Å². The molecule has 88 valence electrons. The van der Waals surface area contributed by atoms with Gasteiger partial charge in [0.2, 0.25) is 16.3 Å². The molecule has 0 fully saturated rings. The summed E-state index contributed by atoms with van der Waals surface area (Å²) in [6.45, 7) is 2.17. The summed E-state index contributed by atoms with van der Waals surface area (Å²) in [6, 6.07) is 0. The molecule has 0 bridgehead atoms. The predicted molar refractivity (Wildman–Crippen MR) is 65.7 cm³/mol. The molecule has 0 spiro atoms. The van der Waals surface area contributed by atoms with Crippen molar-refractivity contribution in [3.05, 3.63) is 11.6 Å². The molecule has 1 rings (SSSR count). The van der Waals surface area contributed by atoms with Crippen LogP contribution >= 0.6 is 0 Å². The molecule has 5 nitrogen and oxygen atoms in total. The minimum atomic E-state index is -2.25. The van der Waals surface area contributed by atoms with Crippen LogP contribution < -0.4 is 0 Å². The van der Waals surface area contributed by atoms with Crippen molar-refractivity contribution in [1.82, 2.24) is 4.31 Å². The number of carbonyl (C=O) groups is 1. The predicted octanol–water partition coefficient (Wildman–Crippen LogP) is -1.55. The van der Waals surface area contributed by atoms with Crippen LogP contribution in [0.3, 0.4) is 0 Å². The molecule has 0 saturated heterocycles. The van der Waals surface area contributed by atoms with Gasteiger partial charge in [0.05, 0.1) is 6.61 Å². The summed E-state index contributed by atoms with van der Waals surface area (Å²) in [5, 5.41) is 0. The van der Waals surface area contributed by atoms with Crippen LogP contribution in [0.2, 0.25) is 0 Å². The van der Waals surface area contributed by atoms with E-state index < -0.39 is 16.9 Å². The maximum atomic E-state index is 11.4. The second-order valence-electron chi connectivity index (χ2n) is 3.33. The monoisotopic (exact) mass is 275 g/mol. The summed E-state index contributed by atoms with van der Waals surface area (Å²) in [7, 11) is -2.25. The maximum absolute atomic E-state index is 11.4. The molecule has 1 atom stereocenters. The Balaban J connectivity index is 0.00000225. The second-order valence-corrected chi connectivity index (χ2v) is 5.56. The molecular formula is C8H15Al2NO4S. The third-order valence-electron chi connectivity index (χ3n) is 2.25. The third-order valence-corrected chi connectivity index (χ3v) is 4.59. The normalized spacial score (nSPS) is 21.1. The van der Waals surface area contributed by atoms with Crippen LogP contribution in [0.15, 0.2) is 11.6 Å². The minimum absolute atomic E-state index is 0. The van der Waals surface area contributed by atoms with Crippen molar-refractivity contribution in [3.8, 4) is 0 Å². The SMILES string of the molecule is CCOC(=O)C1=CC[C@H]([AlH2])N([S-](=O)=O)C1.[AlH2+]. The van der Waals surface area contributed by atoms with Crippen molar-refractivity contribution in [3.63, 3.8) is 0 Å². The molecule has 0 unspecified atom stereocenters. The van der Waals surface area contributed by atoms with Gasteiger partial charge >= 0.3 is 23.3 Å². The van der Waals surface area contributed by atoms with E-state index in [1.807, 2.05) is 0 Å². The first-order valence-electron chi connectivity index (χ1n) is 4.78. The number of hydrogen-bond donors (Lipinski definition) is 0. The van der Waals surface area contributed by atoms with E-state index in [-0.39, 0.29) is 28.8 Å². The number of nitrogens with zero attached hydrogens (tertiary/aromatic N) is 1. The first-order chi connectivity index (χ1) is 7.06. The van der Waals surface area contributed by atoms with Gasteiger partial charge in [0.25, 0.3) is 0 Å². The van der Waals surface area contributed by atoms with E-state index in [0.29, 0.717) is 18.6 Å². The fourth-order valence-corrected chi connectivity index (χ4v) is 2.95. The van der Waals surface area contributed by atoms with E-state index in [9.17, 15) is 13.2 Å². The Morgan fingerprint density at radius 1 is 1.69 bits per heavy atom. The van der Waals surface area contributed by atoms with Crippen molar-refractivity contribution in [2.75, 3.05) is 13.2 Å². The summed E-state index contributed by atoms with van der Waals surface area (Å²) in [5.74, 6) is -0.415. The molecule has 1 aliphatic heterocycles. The second kappa shape index (κ2) is 7.50. The number of hydrogen-bond acceptors (Lipinski definition) is 5. The van der Waals surface area contributed by atoms with E-state index >= 15 is 0 Å². The van der Waals surface area contributed by atoms with Gasteiger partial charge in [0.15, 0.2) is 0 Å². The Bertz CT molecular complexity index is 348. The van der Waals surface area contributed by atoms with Gasteiger partial charge in [0, 0.05) is 12.1 Å². The van der Waals surface area contributed by atoms with Gasteiger partial charge in [-0.15, -0.1) is 0 Å². The Morgan fingerprint density at radius 2 is 2.31 bits per heavy atom. The summed E-state index contributed by atoms with van der Waals surface area (Å²) in [4.78, 5) is 11.4. The molecule has 0 amide bonds. The zero-order valence-corrected chi connectivity index (χ0v) is 14.6. The summed E-state index contributed by atoms with van der Waals surface area (Å²) in [5.41, 5.74) is 0.438. The topological polar surface area (TPSA) is 63.7 Å². The average molecular weight is 275 g/mol. The number of ether oxygens (including phenoxy) is 1. The summed E-state index contributed by atoms with van der Waals surface area (Å²) < 4.78 is 27.8. The molecule has 16 heavy (non-hydrogen) atoms. The molecular weight excluding hydrogens is 260 g/mol. The number of carbonyl (C=O) groups excluding carboxylic acids is 1. The zero-order valence-electron chi connectivity index (χ0n) is 9.76. The van der Waals surface area contributed by atoms with E-state index in [0.717, 1.165) is 16.3 Å². The first kappa shape index (κ1) is 16.2. The average Bonchev–Trinajstić information content (AvgIpc) is 2.18. The molecule has 8 heteroatoms. The van der Waals surface area contributed by atoms with Crippen molar-refractivity contribution in [2.24, 2.45) is 0 Å². The molecule has 0 radical (unpaired) electrons. The fourth-order valence-electron chi connectivity index (χ4n) is 1.39. The van der Waals surface area contributed by atoms with Gasteiger partial charge in [-0.1, -0.05) is 11.0 Å². The van der Waals surface area contributed by atoms with Gasteiger partial charge in [-0.3, -0.25) is 0 Å². The molecule has 0 aromatic rings. The fraction of sp³-hybridized carbons (Fsp3) is 0.625. The van der Waals surface area contributed by atoms with Crippen LogP contribution in [0.25, 0.3) is 0 Å². The molecule has 1 heterocycles. The van der Waals surface area contributed by atoms with Crippen LogP contribution in [-0.4, -0.2) is 62.0 Å². The summed E-state index contributed by atoms with van der Waals surface area (Å²) in [6.07, 6.45) is 2.38. The molecule has 0 N–H and O–H groups in total. The Hall–Kier alpha value is 0.185. The van der Waals surface area contributed by atoms with E-state index in [4.69, 9.17) is 4.74 Å². The van der Waals surface area contributed by atoms with Crippen LogP contribution in [0.4, 0.5) is 0 Å². The van der Waals surface area contributed by atoms with E-state index in [1.54, 1.807) is 13.0 Å². The zero-order chi connectivity index (χ0) is 11.4. The van der Waals surface area contributed by atoms with Crippen molar-refractivity contribution in [1.29, 1.82) is 0 Å². The summed E-state index contributed by atoms with van der Waals surface area (Å²) >= 11 is 0.757. The van der Waals surface area contributed by atoms with Crippen LogP contribution in [0.1, 0.15) is 13.3 Å². The van der Waals surface area contributed by atoms with E-state index in [2.05, 4.69) is 0 Å². The molecule has 1 aliphatic rings. The van der Waals surface area contributed by atoms with Crippen molar-refractivity contribution < 1.29 is 17.9 Å². The standard InChI is InChI=1S/C8H11NO4S.2Al.4H/c1-2-13-8(10)7-4-3-5-9(6-7)14(11)12;;;;;;/h4-5H,2-3,6H2,1H3;;;;;;/q-1;;+1;;;;. The Labute approximate surface area is 115 Å². The van der Waals surface area contributed by atoms with Crippen molar-refractivity contribution >= 4 is 50.5 Å². The number of esters is 1. The molecule has 0 aromatic carbocycles. The van der Waals surface area contributed by atoms with E-state index in [1.165, 1.54) is 4.31 Å². The Kier molecular flexibility index (Phi) is 7.59. The van der Waals surface area contributed by atoms with Gasteiger partial charge in [0.1, 0.15) is 0 Å². The van der Waals surface area contributed by atoms with Gasteiger partial charge in [-0.05, 0) is 24.2 Å². The van der Waals surface area contributed by atoms with Gasteiger partial charge in [-0.25, -0.2) is 4.79 Å². The van der Waals surface area contributed by atoms with Crippen LogP contribution in [0, 0.1) is 0 Å². The molecule has 0 aliphatic carbocycles. The number of rotatable bonds is 3. The quantitative estimate of drug-likeness (QED) is 0.355. The van der Waals surface area contributed by atoms with Crippen LogP contribution in [-0.2, 0) is 28.8 Å². The Morgan fingerprint density at radius 3 is 2.81 bits per heavy atom.